The van der Waals surface area contributed by atoms with Gasteiger partial charge in [-0.15, -0.1) is 0 Å². The Hall–Kier alpha value is -3.42. The van der Waals surface area contributed by atoms with Crippen molar-refractivity contribution < 1.29 is 27.6 Å². The number of Topliss-reactive ketones (excluding diaryl/α,β-unsaturated/α-hetero) is 1. The van der Waals surface area contributed by atoms with E-state index in [1.165, 1.54) is 12.1 Å². The minimum atomic E-state index is -5.22. The molecular weight excluding hydrogens is 457 g/mol. The Morgan fingerprint density at radius 1 is 1.00 bits per heavy atom. The third kappa shape index (κ3) is 4.37. The lowest BCUT2D eigenvalue weighted by molar-refractivity contribution is -0.190. The number of alkyl halides is 3. The first kappa shape index (κ1) is 24.7. The van der Waals surface area contributed by atoms with E-state index in [0.29, 0.717) is 6.42 Å². The Bertz CT molecular complexity index is 1200. The Morgan fingerprint density at radius 2 is 1.63 bits per heavy atom. The summed E-state index contributed by atoms with van der Waals surface area (Å²) in [4.78, 5) is 40.9. The highest BCUT2D eigenvalue weighted by molar-refractivity contribution is 6.14. The number of halogens is 3. The molecule has 2 aromatic rings. The highest BCUT2D eigenvalue weighted by atomic mass is 19.4. The van der Waals surface area contributed by atoms with E-state index in [1.807, 2.05) is 23.5 Å². The molecule has 8 heteroatoms. The lowest BCUT2D eigenvalue weighted by Crippen LogP contribution is -2.66. The first-order chi connectivity index (χ1) is 16.4. The molecule has 0 radical (unpaired) electrons. The summed E-state index contributed by atoms with van der Waals surface area (Å²) in [7, 11) is 0. The fraction of sp³-hybridized carbons (Fsp3) is 0.370. The van der Waals surface area contributed by atoms with Crippen molar-refractivity contribution in [3.63, 3.8) is 0 Å². The number of carbonyl (C=O) groups is 3. The van der Waals surface area contributed by atoms with Crippen LogP contribution in [0.1, 0.15) is 48.2 Å². The van der Waals surface area contributed by atoms with Gasteiger partial charge in [0.05, 0.1) is 5.57 Å². The van der Waals surface area contributed by atoms with Crippen LogP contribution >= 0.6 is 0 Å². The molecule has 0 saturated heterocycles. The Balaban J connectivity index is 1.80. The summed E-state index contributed by atoms with van der Waals surface area (Å²) >= 11 is 0. The number of carbonyl (C=O) groups excluding carboxylic acids is 3. The summed E-state index contributed by atoms with van der Waals surface area (Å²) < 4.78 is 44.5. The zero-order valence-electron chi connectivity index (χ0n) is 19.8. The van der Waals surface area contributed by atoms with E-state index in [1.54, 1.807) is 45.0 Å². The molecule has 1 aliphatic carbocycles. The van der Waals surface area contributed by atoms with Gasteiger partial charge < -0.3 is 10.2 Å². The van der Waals surface area contributed by atoms with Crippen LogP contribution in [-0.4, -0.2) is 40.8 Å². The number of amides is 2. The monoisotopic (exact) mass is 484 g/mol. The van der Waals surface area contributed by atoms with E-state index in [2.05, 4.69) is 0 Å². The number of nitrogens with zero attached hydrogens (tertiary/aromatic N) is 1. The SMILES string of the molecule is Cc1ccc(C(=O)N[C@]2(C(F)(F)F)C(=O)N(CCc3ccccc3)C3=C2C(=O)CC(C)(C)C3)cc1. The molecule has 2 aromatic carbocycles. The van der Waals surface area contributed by atoms with Crippen LogP contribution in [-0.2, 0) is 16.0 Å². The van der Waals surface area contributed by atoms with Crippen molar-refractivity contribution in [2.75, 3.05) is 6.54 Å². The van der Waals surface area contributed by atoms with Gasteiger partial charge in [0.25, 0.3) is 11.8 Å². The normalized spacial score (nSPS) is 21.8. The largest absolute Gasteiger partial charge is 0.425 e. The van der Waals surface area contributed by atoms with Crippen molar-refractivity contribution in [2.24, 2.45) is 5.41 Å². The number of allylic oxidation sites excluding steroid dienone is 1. The van der Waals surface area contributed by atoms with Crippen LogP contribution in [0.25, 0.3) is 0 Å². The summed E-state index contributed by atoms with van der Waals surface area (Å²) in [5.41, 5.74) is -3.00. The van der Waals surface area contributed by atoms with Crippen LogP contribution in [0.5, 0.6) is 0 Å². The minimum absolute atomic E-state index is 0.0273. The van der Waals surface area contributed by atoms with E-state index >= 15 is 0 Å². The molecule has 5 nitrogen and oxygen atoms in total. The van der Waals surface area contributed by atoms with E-state index in [4.69, 9.17) is 0 Å². The number of aryl methyl sites for hydroxylation is 1. The van der Waals surface area contributed by atoms with E-state index in [-0.39, 0.29) is 30.6 Å². The zero-order chi connectivity index (χ0) is 25.6. The van der Waals surface area contributed by atoms with Crippen molar-refractivity contribution in [2.45, 2.75) is 51.7 Å². The molecule has 4 rings (SSSR count). The highest BCUT2D eigenvalue weighted by Gasteiger charge is 2.71. The number of nitrogens with one attached hydrogen (secondary N) is 1. The summed E-state index contributed by atoms with van der Waals surface area (Å²) in [6, 6.07) is 15.0. The molecule has 0 bridgehead atoms. The Morgan fingerprint density at radius 3 is 2.23 bits per heavy atom. The molecule has 0 saturated carbocycles. The van der Waals surface area contributed by atoms with Gasteiger partial charge in [-0.3, -0.25) is 14.4 Å². The fourth-order valence-corrected chi connectivity index (χ4v) is 4.90. The van der Waals surface area contributed by atoms with Gasteiger partial charge in [-0.1, -0.05) is 61.9 Å². The molecule has 0 spiro atoms. The predicted octanol–water partition coefficient (Wildman–Crippen LogP) is 4.75. The maximum atomic E-state index is 14.8. The van der Waals surface area contributed by atoms with Crippen LogP contribution in [0.2, 0.25) is 0 Å². The van der Waals surface area contributed by atoms with Gasteiger partial charge in [0, 0.05) is 24.2 Å². The molecular formula is C27H27F3N2O3. The lowest BCUT2D eigenvalue weighted by atomic mass is 9.72. The molecule has 1 atom stereocenters. The van der Waals surface area contributed by atoms with Crippen molar-refractivity contribution in [1.29, 1.82) is 0 Å². The second-order valence-corrected chi connectivity index (χ2v) is 10.0. The molecule has 2 aliphatic rings. The third-order valence-corrected chi connectivity index (χ3v) is 6.63. The minimum Gasteiger partial charge on any atom is -0.326 e. The summed E-state index contributed by atoms with van der Waals surface area (Å²) in [5, 5.41) is 1.97. The van der Waals surface area contributed by atoms with Gasteiger partial charge in [-0.2, -0.15) is 13.2 Å². The first-order valence-corrected chi connectivity index (χ1v) is 11.4. The van der Waals surface area contributed by atoms with Gasteiger partial charge in [0.1, 0.15) is 0 Å². The average Bonchev–Trinajstić information content (AvgIpc) is 3.00. The quantitative estimate of drug-likeness (QED) is 0.666. The average molecular weight is 485 g/mol. The van der Waals surface area contributed by atoms with E-state index in [0.717, 1.165) is 16.0 Å². The molecule has 2 amide bonds. The lowest BCUT2D eigenvalue weighted by Gasteiger charge is -2.35. The molecule has 184 valence electrons. The second kappa shape index (κ2) is 8.66. The van der Waals surface area contributed by atoms with E-state index < -0.39 is 40.3 Å². The number of rotatable bonds is 5. The first-order valence-electron chi connectivity index (χ1n) is 11.4. The standard InChI is InChI=1S/C27H27F3N2O3/c1-17-9-11-19(12-10-17)23(34)31-26(27(28,29)30)22-20(15-25(2,3)16-21(22)33)32(24(26)35)14-13-18-7-5-4-6-8-18/h4-12H,13-16H2,1-3H3,(H,31,34)/t26-/m0/s1. The fourth-order valence-electron chi connectivity index (χ4n) is 4.90. The van der Waals surface area contributed by atoms with Crippen molar-refractivity contribution in [3.05, 3.63) is 82.6 Å². The third-order valence-electron chi connectivity index (χ3n) is 6.63. The zero-order valence-corrected chi connectivity index (χ0v) is 19.8. The predicted molar refractivity (Wildman–Crippen MR) is 124 cm³/mol. The number of hydrogen-bond donors (Lipinski definition) is 1. The second-order valence-electron chi connectivity index (χ2n) is 10.0. The molecule has 35 heavy (non-hydrogen) atoms. The topological polar surface area (TPSA) is 66.5 Å². The number of hydrogen-bond acceptors (Lipinski definition) is 3. The highest BCUT2D eigenvalue weighted by Crippen LogP contribution is 2.51. The van der Waals surface area contributed by atoms with Crippen LogP contribution in [0.15, 0.2) is 65.9 Å². The summed E-state index contributed by atoms with van der Waals surface area (Å²) in [6.07, 6.45) is -4.95. The summed E-state index contributed by atoms with van der Waals surface area (Å²) in [6.45, 7) is 5.31. The van der Waals surface area contributed by atoms with Crippen LogP contribution in [0.3, 0.4) is 0 Å². The molecule has 1 heterocycles. The van der Waals surface area contributed by atoms with Gasteiger partial charge in [-0.05, 0) is 42.9 Å². The van der Waals surface area contributed by atoms with Crippen molar-refractivity contribution >= 4 is 17.6 Å². The van der Waals surface area contributed by atoms with Gasteiger partial charge in [0.15, 0.2) is 5.78 Å². The van der Waals surface area contributed by atoms with Crippen molar-refractivity contribution in [3.8, 4) is 0 Å². The Kier molecular flexibility index (Phi) is 6.11. The molecule has 1 aliphatic heterocycles. The number of benzene rings is 2. The maximum absolute atomic E-state index is 14.8. The molecule has 0 aromatic heterocycles. The molecule has 0 fully saturated rings. The molecule has 0 unspecified atom stereocenters. The maximum Gasteiger partial charge on any atom is 0.425 e. The van der Waals surface area contributed by atoms with Crippen molar-refractivity contribution in [1.82, 2.24) is 10.2 Å². The number of ketones is 1. The molecule has 1 N–H and O–H groups in total. The van der Waals surface area contributed by atoms with Gasteiger partial charge >= 0.3 is 6.18 Å². The summed E-state index contributed by atoms with van der Waals surface area (Å²) in [5.74, 6) is -3.17. The van der Waals surface area contributed by atoms with Gasteiger partial charge in [0.2, 0.25) is 5.54 Å². The van der Waals surface area contributed by atoms with Crippen LogP contribution < -0.4 is 5.32 Å². The smallest absolute Gasteiger partial charge is 0.326 e. The van der Waals surface area contributed by atoms with E-state index in [9.17, 15) is 27.6 Å². The Labute approximate surface area is 202 Å². The van der Waals surface area contributed by atoms with Crippen LogP contribution in [0, 0.1) is 12.3 Å². The van der Waals surface area contributed by atoms with Crippen LogP contribution in [0.4, 0.5) is 13.2 Å². The van der Waals surface area contributed by atoms with Gasteiger partial charge in [-0.25, -0.2) is 0 Å².